The maximum atomic E-state index is 10.2. The van der Waals surface area contributed by atoms with Gasteiger partial charge in [-0.25, -0.2) is 5.43 Å². The topological polar surface area (TPSA) is 82.8 Å². The standard InChI is InChI=1S/C6H7N3O2/c7-8-5-2-1-3-6(4-5)9(10)11/h1-4,8H,7H2/p+1. The van der Waals surface area contributed by atoms with Gasteiger partial charge in [-0.2, -0.15) is 0 Å². The summed E-state index contributed by atoms with van der Waals surface area (Å²) in [5, 5.41) is 10.2. The van der Waals surface area contributed by atoms with Gasteiger partial charge in [0.1, 0.15) is 0 Å². The van der Waals surface area contributed by atoms with Crippen molar-refractivity contribution in [3.05, 3.63) is 34.4 Å². The van der Waals surface area contributed by atoms with E-state index in [0.29, 0.717) is 5.69 Å². The van der Waals surface area contributed by atoms with Crippen LogP contribution in [0.15, 0.2) is 24.3 Å². The van der Waals surface area contributed by atoms with E-state index in [1.54, 1.807) is 12.1 Å². The molecule has 11 heavy (non-hydrogen) atoms. The van der Waals surface area contributed by atoms with Crippen LogP contribution in [0, 0.1) is 10.1 Å². The lowest BCUT2D eigenvalue weighted by Crippen LogP contribution is -2.56. The Morgan fingerprint density at radius 1 is 1.55 bits per heavy atom. The van der Waals surface area contributed by atoms with Gasteiger partial charge in [-0.3, -0.25) is 16.0 Å². The van der Waals surface area contributed by atoms with Gasteiger partial charge in [0.15, 0.2) is 0 Å². The largest absolute Gasteiger partial charge is 0.271 e. The third kappa shape index (κ3) is 1.65. The van der Waals surface area contributed by atoms with Gasteiger partial charge in [-0.05, 0) is 6.07 Å². The smallest absolute Gasteiger partial charge is 0.258 e. The summed E-state index contributed by atoms with van der Waals surface area (Å²) in [6.45, 7) is 0. The average Bonchev–Trinajstić information content (AvgIpc) is 2.05. The summed E-state index contributed by atoms with van der Waals surface area (Å²) >= 11 is 0. The molecule has 0 amide bonds. The molecule has 58 valence electrons. The van der Waals surface area contributed by atoms with Crippen LogP contribution in [-0.2, 0) is 0 Å². The number of nitro benzene ring substituents is 1. The van der Waals surface area contributed by atoms with Crippen molar-refractivity contribution in [2.24, 2.45) is 0 Å². The van der Waals surface area contributed by atoms with Crippen molar-refractivity contribution in [3.8, 4) is 0 Å². The molecule has 0 fully saturated rings. The van der Waals surface area contributed by atoms with Crippen LogP contribution in [0.2, 0.25) is 0 Å². The molecule has 0 aliphatic heterocycles. The normalized spacial score (nSPS) is 9.18. The highest BCUT2D eigenvalue weighted by molar-refractivity contribution is 5.48. The van der Waals surface area contributed by atoms with Crippen LogP contribution >= 0.6 is 0 Å². The third-order valence-corrected chi connectivity index (χ3v) is 1.26. The molecule has 0 saturated carbocycles. The van der Waals surface area contributed by atoms with E-state index >= 15 is 0 Å². The maximum absolute atomic E-state index is 10.2. The number of quaternary nitrogens is 1. The van der Waals surface area contributed by atoms with Gasteiger partial charge in [-0.15, -0.1) is 0 Å². The summed E-state index contributed by atoms with van der Waals surface area (Å²) in [7, 11) is 0. The molecule has 0 bridgehead atoms. The summed E-state index contributed by atoms with van der Waals surface area (Å²) in [6, 6.07) is 6.17. The molecule has 0 aromatic heterocycles. The first-order chi connectivity index (χ1) is 5.24. The number of hydrogen-bond acceptors (Lipinski definition) is 3. The monoisotopic (exact) mass is 154 g/mol. The highest BCUT2D eigenvalue weighted by Crippen LogP contribution is 2.15. The number of nitro groups is 1. The van der Waals surface area contributed by atoms with Crippen LogP contribution in [0.4, 0.5) is 11.4 Å². The van der Waals surface area contributed by atoms with Crippen molar-refractivity contribution < 1.29 is 10.8 Å². The second kappa shape index (κ2) is 2.98. The minimum atomic E-state index is -0.444. The molecular weight excluding hydrogens is 146 g/mol. The predicted molar refractivity (Wildman–Crippen MR) is 39.6 cm³/mol. The second-order valence-electron chi connectivity index (χ2n) is 1.98. The zero-order valence-corrected chi connectivity index (χ0v) is 5.78. The fourth-order valence-corrected chi connectivity index (χ4v) is 0.729. The Morgan fingerprint density at radius 2 is 2.27 bits per heavy atom. The SMILES string of the molecule is [NH3+]Nc1cccc([N+](=O)[O-])c1. The minimum absolute atomic E-state index is 0.0682. The van der Waals surface area contributed by atoms with Crippen LogP contribution in [0.1, 0.15) is 0 Å². The summed E-state index contributed by atoms with van der Waals surface area (Å²) in [5.41, 5.74) is 3.27. The molecular formula is C6H8N3O2+. The summed E-state index contributed by atoms with van der Waals surface area (Å²) in [6.07, 6.45) is 0. The van der Waals surface area contributed by atoms with E-state index < -0.39 is 4.92 Å². The Labute approximate surface area is 62.9 Å². The number of non-ortho nitro benzene ring substituents is 1. The number of rotatable bonds is 2. The maximum Gasteiger partial charge on any atom is 0.271 e. The fraction of sp³-hybridized carbons (Fsp3) is 0. The molecule has 0 unspecified atom stereocenters. The predicted octanol–water partition coefficient (Wildman–Crippen LogP) is 0.164. The zero-order valence-electron chi connectivity index (χ0n) is 5.78. The van der Waals surface area contributed by atoms with Crippen molar-refractivity contribution in [2.45, 2.75) is 0 Å². The van der Waals surface area contributed by atoms with Crippen LogP contribution in [-0.4, -0.2) is 4.92 Å². The van der Waals surface area contributed by atoms with Crippen molar-refractivity contribution in [1.29, 1.82) is 0 Å². The molecule has 0 spiro atoms. The number of nitrogens with zero attached hydrogens (tertiary/aromatic N) is 1. The quantitative estimate of drug-likeness (QED) is 0.470. The first kappa shape index (κ1) is 7.49. The number of hydrogen-bond donors (Lipinski definition) is 2. The number of benzene rings is 1. The van der Waals surface area contributed by atoms with Crippen LogP contribution in [0.3, 0.4) is 0 Å². The molecule has 4 N–H and O–H groups in total. The molecule has 5 heteroatoms. The Morgan fingerprint density at radius 3 is 2.82 bits per heavy atom. The molecule has 0 heterocycles. The first-order valence-corrected chi connectivity index (χ1v) is 3.01. The van der Waals surface area contributed by atoms with Crippen molar-refractivity contribution in [2.75, 3.05) is 5.43 Å². The molecule has 0 atom stereocenters. The van der Waals surface area contributed by atoms with Gasteiger partial charge in [0, 0.05) is 12.1 Å². The Balaban J connectivity index is 3.01. The summed E-state index contributed by atoms with van der Waals surface area (Å²) in [5.74, 6) is 3.38. The second-order valence-corrected chi connectivity index (χ2v) is 1.98. The lowest BCUT2D eigenvalue weighted by atomic mass is 10.3. The number of nitrogens with one attached hydrogen (secondary N) is 1. The highest BCUT2D eigenvalue weighted by atomic mass is 16.6. The fourth-order valence-electron chi connectivity index (χ4n) is 0.729. The Kier molecular flexibility index (Phi) is 2.03. The van der Waals surface area contributed by atoms with E-state index in [1.165, 1.54) is 12.1 Å². The molecule has 1 aromatic carbocycles. The van der Waals surface area contributed by atoms with Crippen LogP contribution in [0.5, 0.6) is 0 Å². The van der Waals surface area contributed by atoms with Gasteiger partial charge in [0.2, 0.25) is 0 Å². The Hall–Kier alpha value is -1.62. The molecule has 0 aliphatic carbocycles. The summed E-state index contributed by atoms with van der Waals surface area (Å²) < 4.78 is 0. The van der Waals surface area contributed by atoms with Gasteiger partial charge in [0.05, 0.1) is 10.6 Å². The average molecular weight is 154 g/mol. The van der Waals surface area contributed by atoms with Crippen molar-refractivity contribution in [1.82, 2.24) is 0 Å². The number of anilines is 1. The summed E-state index contributed by atoms with van der Waals surface area (Å²) in [4.78, 5) is 9.78. The molecule has 0 radical (unpaired) electrons. The van der Waals surface area contributed by atoms with E-state index in [2.05, 4.69) is 11.3 Å². The molecule has 0 saturated heterocycles. The van der Waals surface area contributed by atoms with E-state index in [-0.39, 0.29) is 5.69 Å². The molecule has 0 aliphatic rings. The van der Waals surface area contributed by atoms with Crippen molar-refractivity contribution >= 4 is 11.4 Å². The van der Waals surface area contributed by atoms with Crippen LogP contribution < -0.4 is 11.3 Å². The molecule has 1 aromatic rings. The molecule has 1 rings (SSSR count). The molecule has 5 nitrogen and oxygen atoms in total. The van der Waals surface area contributed by atoms with Gasteiger partial charge in [-0.1, -0.05) is 6.07 Å². The zero-order chi connectivity index (χ0) is 8.27. The highest BCUT2D eigenvalue weighted by Gasteiger charge is 2.04. The Bertz CT molecular complexity index is 274. The van der Waals surface area contributed by atoms with E-state index in [1.807, 2.05) is 0 Å². The van der Waals surface area contributed by atoms with Crippen molar-refractivity contribution in [3.63, 3.8) is 0 Å². The van der Waals surface area contributed by atoms with E-state index in [4.69, 9.17) is 0 Å². The first-order valence-electron chi connectivity index (χ1n) is 3.01. The van der Waals surface area contributed by atoms with Gasteiger partial charge in [0.25, 0.3) is 5.69 Å². The van der Waals surface area contributed by atoms with E-state index in [9.17, 15) is 10.1 Å². The van der Waals surface area contributed by atoms with Gasteiger partial charge < -0.3 is 0 Å². The van der Waals surface area contributed by atoms with Gasteiger partial charge >= 0.3 is 0 Å². The third-order valence-electron chi connectivity index (χ3n) is 1.26. The van der Waals surface area contributed by atoms with Crippen LogP contribution in [0.25, 0.3) is 0 Å². The lowest BCUT2D eigenvalue weighted by molar-refractivity contribution is -0.385. The van der Waals surface area contributed by atoms with E-state index in [0.717, 1.165) is 0 Å². The minimum Gasteiger partial charge on any atom is -0.258 e. The lowest BCUT2D eigenvalue weighted by Gasteiger charge is -1.94.